The van der Waals surface area contributed by atoms with Crippen LogP contribution in [-0.2, 0) is 22.6 Å². The maximum absolute atomic E-state index is 13.3. The van der Waals surface area contributed by atoms with Crippen LogP contribution in [0.2, 0.25) is 0 Å². The van der Waals surface area contributed by atoms with Crippen molar-refractivity contribution >= 4 is 27.7 Å². The van der Waals surface area contributed by atoms with Crippen LogP contribution in [0.5, 0.6) is 5.75 Å². The van der Waals surface area contributed by atoms with Crippen molar-refractivity contribution in [2.24, 2.45) is 0 Å². The minimum absolute atomic E-state index is 0.0521. The van der Waals surface area contributed by atoms with Crippen LogP contribution in [0, 0.1) is 6.92 Å². The van der Waals surface area contributed by atoms with E-state index in [4.69, 9.17) is 4.74 Å². The molecule has 0 fully saturated rings. The van der Waals surface area contributed by atoms with Crippen molar-refractivity contribution in [1.82, 2.24) is 10.2 Å². The van der Waals surface area contributed by atoms with Gasteiger partial charge in [0.1, 0.15) is 11.8 Å². The number of hydrogen-bond donors (Lipinski definition) is 1. The number of nitrogens with zero attached hydrogens (tertiary/aromatic N) is 1. The molecule has 0 aliphatic carbocycles. The number of carbonyl (C=O) groups excluding carboxylic acids is 2. The lowest BCUT2D eigenvalue weighted by Gasteiger charge is -2.31. The summed E-state index contributed by atoms with van der Waals surface area (Å²) >= 11 is 3.53. The molecule has 0 bridgehead atoms. The first-order valence-electron chi connectivity index (χ1n) is 11.4. The van der Waals surface area contributed by atoms with Crippen LogP contribution in [-0.4, -0.2) is 35.4 Å². The SMILES string of the molecule is CCc1ccc(OCC(=O)N(Cc2ccccc2C)[C@H](CC)C(=O)N[C@H](C)CC)c(Br)c1. The van der Waals surface area contributed by atoms with Gasteiger partial charge in [0.05, 0.1) is 4.47 Å². The normalized spacial score (nSPS) is 12.7. The summed E-state index contributed by atoms with van der Waals surface area (Å²) in [5.74, 6) is 0.270. The van der Waals surface area contributed by atoms with E-state index in [1.165, 1.54) is 5.56 Å². The van der Waals surface area contributed by atoms with Gasteiger partial charge >= 0.3 is 0 Å². The second kappa shape index (κ2) is 12.6. The fourth-order valence-corrected chi connectivity index (χ4v) is 3.98. The standard InChI is InChI=1S/C26H35BrN2O3/c1-6-19(5)28-26(31)23(8-3)29(16-21-12-10-9-11-18(21)4)25(30)17-32-24-14-13-20(7-2)15-22(24)27/h9-15,19,23H,6-8,16-17H2,1-5H3,(H,28,31)/t19-,23-/m1/s1. The first-order valence-corrected chi connectivity index (χ1v) is 12.1. The Morgan fingerprint density at radius 1 is 1.09 bits per heavy atom. The minimum atomic E-state index is -0.564. The Morgan fingerprint density at radius 3 is 2.41 bits per heavy atom. The van der Waals surface area contributed by atoms with Gasteiger partial charge in [-0.3, -0.25) is 9.59 Å². The molecule has 2 rings (SSSR count). The predicted octanol–water partition coefficient (Wildman–Crippen LogP) is 5.42. The van der Waals surface area contributed by atoms with Gasteiger partial charge in [-0.2, -0.15) is 0 Å². The fraction of sp³-hybridized carbons (Fsp3) is 0.462. The van der Waals surface area contributed by atoms with Gasteiger partial charge in [0.15, 0.2) is 6.61 Å². The third-order valence-electron chi connectivity index (χ3n) is 5.74. The number of amides is 2. The van der Waals surface area contributed by atoms with Gasteiger partial charge in [0.2, 0.25) is 5.91 Å². The smallest absolute Gasteiger partial charge is 0.261 e. The van der Waals surface area contributed by atoms with Gasteiger partial charge in [-0.1, -0.05) is 51.1 Å². The quantitative estimate of drug-likeness (QED) is 0.446. The molecule has 0 heterocycles. The van der Waals surface area contributed by atoms with Crippen molar-refractivity contribution in [1.29, 1.82) is 0 Å². The largest absolute Gasteiger partial charge is 0.483 e. The van der Waals surface area contributed by atoms with Crippen LogP contribution in [0.1, 0.15) is 57.2 Å². The number of benzene rings is 2. The van der Waals surface area contributed by atoms with Crippen LogP contribution in [0.15, 0.2) is 46.9 Å². The molecule has 174 valence electrons. The Labute approximate surface area is 200 Å². The Morgan fingerprint density at radius 2 is 1.81 bits per heavy atom. The summed E-state index contributed by atoms with van der Waals surface area (Å²) in [6.07, 6.45) is 2.28. The molecule has 2 aromatic rings. The van der Waals surface area contributed by atoms with E-state index in [1.807, 2.05) is 70.2 Å². The van der Waals surface area contributed by atoms with Gasteiger partial charge < -0.3 is 15.0 Å². The van der Waals surface area contributed by atoms with Crippen molar-refractivity contribution in [2.75, 3.05) is 6.61 Å². The molecule has 0 unspecified atom stereocenters. The average molecular weight is 503 g/mol. The van der Waals surface area contributed by atoms with Crippen LogP contribution >= 0.6 is 15.9 Å². The highest BCUT2D eigenvalue weighted by Gasteiger charge is 2.29. The topological polar surface area (TPSA) is 58.6 Å². The number of halogens is 1. The van der Waals surface area contributed by atoms with E-state index in [9.17, 15) is 9.59 Å². The molecule has 0 aliphatic rings. The van der Waals surface area contributed by atoms with Crippen molar-refractivity contribution < 1.29 is 14.3 Å². The predicted molar refractivity (Wildman–Crippen MR) is 133 cm³/mol. The number of ether oxygens (including phenoxy) is 1. The Hall–Kier alpha value is -2.34. The molecule has 0 radical (unpaired) electrons. The summed E-state index contributed by atoms with van der Waals surface area (Å²) in [6.45, 7) is 10.3. The molecule has 0 saturated heterocycles. The van der Waals surface area contributed by atoms with E-state index in [1.54, 1.807) is 4.90 Å². The average Bonchev–Trinajstić information content (AvgIpc) is 2.78. The summed E-state index contributed by atoms with van der Waals surface area (Å²) in [5.41, 5.74) is 3.29. The number of hydrogen-bond acceptors (Lipinski definition) is 3. The van der Waals surface area contributed by atoms with Gasteiger partial charge in [-0.15, -0.1) is 0 Å². The Balaban J connectivity index is 2.24. The van der Waals surface area contributed by atoms with Gasteiger partial charge in [-0.05, 0) is 77.9 Å². The second-order valence-corrected chi connectivity index (χ2v) is 8.95. The molecule has 5 nitrogen and oxygen atoms in total. The highest BCUT2D eigenvalue weighted by Crippen LogP contribution is 2.26. The molecule has 32 heavy (non-hydrogen) atoms. The van der Waals surface area contributed by atoms with Gasteiger partial charge in [0.25, 0.3) is 5.91 Å². The molecule has 0 saturated carbocycles. The summed E-state index contributed by atoms with van der Waals surface area (Å²) < 4.78 is 6.67. The van der Waals surface area contributed by atoms with Crippen molar-refractivity contribution in [2.45, 2.75) is 72.5 Å². The Kier molecular flexibility index (Phi) is 10.2. The van der Waals surface area contributed by atoms with Crippen molar-refractivity contribution in [3.05, 3.63) is 63.6 Å². The molecule has 0 aliphatic heterocycles. The third kappa shape index (κ3) is 7.09. The molecule has 0 spiro atoms. The number of aryl methyl sites for hydroxylation is 2. The monoisotopic (exact) mass is 502 g/mol. The molecular weight excluding hydrogens is 468 g/mol. The lowest BCUT2D eigenvalue weighted by atomic mass is 10.1. The van der Waals surface area contributed by atoms with Crippen molar-refractivity contribution in [3.63, 3.8) is 0 Å². The maximum atomic E-state index is 13.3. The summed E-state index contributed by atoms with van der Waals surface area (Å²) in [6, 6.07) is 13.3. The van der Waals surface area contributed by atoms with E-state index in [-0.39, 0.29) is 24.5 Å². The zero-order chi connectivity index (χ0) is 23.7. The lowest BCUT2D eigenvalue weighted by Crippen LogP contribution is -2.51. The second-order valence-electron chi connectivity index (χ2n) is 8.10. The highest BCUT2D eigenvalue weighted by atomic mass is 79.9. The zero-order valence-corrected chi connectivity index (χ0v) is 21.4. The number of rotatable bonds is 11. The van der Waals surface area contributed by atoms with Crippen molar-refractivity contribution in [3.8, 4) is 5.75 Å². The molecule has 1 N–H and O–H groups in total. The van der Waals surface area contributed by atoms with Gasteiger partial charge in [0, 0.05) is 12.6 Å². The maximum Gasteiger partial charge on any atom is 0.261 e. The number of nitrogens with one attached hydrogen (secondary N) is 1. The van der Waals surface area contributed by atoms with E-state index in [2.05, 4.69) is 28.2 Å². The minimum Gasteiger partial charge on any atom is -0.483 e. The lowest BCUT2D eigenvalue weighted by molar-refractivity contribution is -0.143. The van der Waals surface area contributed by atoms with E-state index in [0.717, 1.165) is 28.4 Å². The number of carbonyl (C=O) groups is 2. The molecule has 0 aromatic heterocycles. The van der Waals surface area contributed by atoms with E-state index >= 15 is 0 Å². The van der Waals surface area contributed by atoms with E-state index in [0.29, 0.717) is 18.7 Å². The Bertz CT molecular complexity index is 916. The first-order chi connectivity index (χ1) is 15.3. The summed E-state index contributed by atoms with van der Waals surface area (Å²) in [7, 11) is 0. The highest BCUT2D eigenvalue weighted by molar-refractivity contribution is 9.10. The molecule has 6 heteroatoms. The van der Waals surface area contributed by atoms with Crippen LogP contribution in [0.25, 0.3) is 0 Å². The summed E-state index contributed by atoms with van der Waals surface area (Å²) in [5, 5.41) is 3.03. The first kappa shape index (κ1) is 25.9. The van der Waals surface area contributed by atoms with Crippen LogP contribution < -0.4 is 10.1 Å². The third-order valence-corrected chi connectivity index (χ3v) is 6.36. The molecule has 2 amide bonds. The fourth-order valence-electron chi connectivity index (χ4n) is 3.44. The molecule has 2 aromatic carbocycles. The van der Waals surface area contributed by atoms with E-state index < -0.39 is 6.04 Å². The molecule has 2 atom stereocenters. The van der Waals surface area contributed by atoms with Gasteiger partial charge in [-0.25, -0.2) is 0 Å². The summed E-state index contributed by atoms with van der Waals surface area (Å²) in [4.78, 5) is 28.0. The van der Waals surface area contributed by atoms with Crippen LogP contribution in [0.3, 0.4) is 0 Å². The zero-order valence-electron chi connectivity index (χ0n) is 19.8. The van der Waals surface area contributed by atoms with Crippen LogP contribution in [0.4, 0.5) is 0 Å². The molecular formula is C26H35BrN2O3.